The summed E-state index contributed by atoms with van der Waals surface area (Å²) in [5.41, 5.74) is 5.11. The zero-order valence-electron chi connectivity index (χ0n) is 11.2. The zero-order valence-corrected chi connectivity index (χ0v) is 11.2. The Balaban J connectivity index is 2.09. The number of unbranched alkanes of at least 4 members (excludes halogenated alkanes) is 2. The summed E-state index contributed by atoms with van der Waals surface area (Å²) in [6.07, 6.45) is 2.60. The molecule has 0 aliphatic rings. The molecule has 9 heteroatoms. The number of rotatable bonds is 7. The fourth-order valence-corrected chi connectivity index (χ4v) is 1.82. The van der Waals surface area contributed by atoms with Gasteiger partial charge in [-0.15, -0.1) is 0 Å². The van der Waals surface area contributed by atoms with Crippen LogP contribution in [0, 0.1) is 10.1 Å². The fourth-order valence-electron chi connectivity index (χ4n) is 1.82. The summed E-state index contributed by atoms with van der Waals surface area (Å²) in [5.74, 6) is -0.342. The molecule has 0 aliphatic carbocycles. The first-order valence-corrected chi connectivity index (χ1v) is 6.44. The van der Waals surface area contributed by atoms with E-state index in [-0.39, 0.29) is 28.9 Å². The molecule has 0 spiro atoms. The second kappa shape index (κ2) is 6.75. The van der Waals surface area contributed by atoms with Crippen molar-refractivity contribution in [3.05, 3.63) is 22.2 Å². The molecule has 0 fully saturated rings. The number of nitro benzene ring substituents is 1. The van der Waals surface area contributed by atoms with E-state index in [0.717, 1.165) is 12.8 Å². The molecule has 0 radical (unpaired) electrons. The molecule has 112 valence electrons. The van der Waals surface area contributed by atoms with Crippen LogP contribution in [-0.4, -0.2) is 27.8 Å². The number of hydrogen-bond acceptors (Lipinski definition) is 8. The number of ether oxygens (including phenoxy) is 1. The number of carbonyl (C=O) groups is 1. The molecule has 1 heterocycles. The molecule has 0 amide bonds. The van der Waals surface area contributed by atoms with Gasteiger partial charge < -0.3 is 10.5 Å². The molecule has 2 aromatic rings. The summed E-state index contributed by atoms with van der Waals surface area (Å²) in [4.78, 5) is 21.9. The van der Waals surface area contributed by atoms with E-state index >= 15 is 0 Å². The number of benzene rings is 1. The van der Waals surface area contributed by atoms with Gasteiger partial charge in [-0.25, -0.2) is 4.63 Å². The van der Waals surface area contributed by atoms with Gasteiger partial charge in [0, 0.05) is 12.5 Å². The van der Waals surface area contributed by atoms with Gasteiger partial charge in [-0.05, 0) is 35.8 Å². The average molecular weight is 294 g/mol. The van der Waals surface area contributed by atoms with E-state index in [4.69, 9.17) is 10.5 Å². The second-order valence-corrected chi connectivity index (χ2v) is 4.37. The van der Waals surface area contributed by atoms with Crippen molar-refractivity contribution >= 4 is 22.7 Å². The molecule has 0 atom stereocenters. The zero-order chi connectivity index (χ0) is 15.2. The molecule has 2 N–H and O–H groups in total. The standard InChI is InChI=1S/C12H14N4O5/c13-7-3-1-2-4-10(17)20-9-6-5-8(16(18)19)11-12(9)15-21-14-11/h5-6H,1-4,7,13H2. The minimum atomic E-state index is -0.606. The molecular weight excluding hydrogens is 280 g/mol. The van der Waals surface area contributed by atoms with E-state index in [9.17, 15) is 14.9 Å². The Morgan fingerprint density at radius 1 is 1.29 bits per heavy atom. The Labute approximate surface area is 119 Å². The first-order chi connectivity index (χ1) is 10.1. The molecule has 0 saturated carbocycles. The number of carbonyl (C=O) groups excluding carboxylic acids is 1. The Morgan fingerprint density at radius 2 is 2.05 bits per heavy atom. The van der Waals surface area contributed by atoms with E-state index in [1.165, 1.54) is 12.1 Å². The lowest BCUT2D eigenvalue weighted by atomic mass is 10.2. The van der Waals surface area contributed by atoms with Gasteiger partial charge in [0.25, 0.3) is 0 Å². The average Bonchev–Trinajstić information content (AvgIpc) is 2.93. The van der Waals surface area contributed by atoms with Gasteiger partial charge in [-0.3, -0.25) is 14.9 Å². The molecule has 0 unspecified atom stereocenters. The van der Waals surface area contributed by atoms with Gasteiger partial charge in [-0.1, -0.05) is 6.42 Å². The van der Waals surface area contributed by atoms with Gasteiger partial charge in [0.05, 0.1) is 4.92 Å². The minimum absolute atomic E-state index is 0.0477. The smallest absolute Gasteiger partial charge is 0.311 e. The maximum atomic E-state index is 11.7. The third-order valence-electron chi connectivity index (χ3n) is 2.86. The Morgan fingerprint density at radius 3 is 2.76 bits per heavy atom. The molecule has 0 aliphatic heterocycles. The van der Waals surface area contributed by atoms with Crippen LogP contribution >= 0.6 is 0 Å². The highest BCUT2D eigenvalue weighted by atomic mass is 16.6. The van der Waals surface area contributed by atoms with E-state index in [2.05, 4.69) is 14.9 Å². The molecule has 2 rings (SSSR count). The molecule has 0 saturated heterocycles. The second-order valence-electron chi connectivity index (χ2n) is 4.37. The van der Waals surface area contributed by atoms with E-state index in [1.807, 2.05) is 0 Å². The summed E-state index contributed by atoms with van der Waals surface area (Å²) >= 11 is 0. The van der Waals surface area contributed by atoms with Gasteiger partial charge in [0.15, 0.2) is 11.3 Å². The minimum Gasteiger partial charge on any atom is -0.424 e. The quantitative estimate of drug-likeness (QED) is 0.267. The van der Waals surface area contributed by atoms with Crippen molar-refractivity contribution in [3.8, 4) is 5.75 Å². The summed E-state index contributed by atoms with van der Waals surface area (Å²) < 4.78 is 9.63. The molecular formula is C12H14N4O5. The molecule has 1 aromatic heterocycles. The van der Waals surface area contributed by atoms with Crippen molar-refractivity contribution in [3.63, 3.8) is 0 Å². The van der Waals surface area contributed by atoms with Gasteiger partial charge in [0.2, 0.25) is 5.52 Å². The third-order valence-corrected chi connectivity index (χ3v) is 2.86. The number of nitrogens with zero attached hydrogens (tertiary/aromatic N) is 3. The SMILES string of the molecule is NCCCCCC(=O)Oc1ccc([N+](=O)[O-])c2nonc12. The Bertz CT molecular complexity index is 654. The lowest BCUT2D eigenvalue weighted by molar-refractivity contribution is -0.383. The molecule has 9 nitrogen and oxygen atoms in total. The number of nitrogens with two attached hydrogens (primary N) is 1. The highest BCUT2D eigenvalue weighted by Gasteiger charge is 2.21. The van der Waals surface area contributed by atoms with E-state index < -0.39 is 10.9 Å². The van der Waals surface area contributed by atoms with Crippen molar-refractivity contribution in [2.75, 3.05) is 6.54 Å². The number of hydrogen-bond donors (Lipinski definition) is 1. The lowest BCUT2D eigenvalue weighted by Gasteiger charge is -2.04. The number of nitro groups is 1. The largest absolute Gasteiger partial charge is 0.424 e. The fraction of sp³-hybridized carbons (Fsp3) is 0.417. The van der Waals surface area contributed by atoms with Crippen LogP contribution in [0.4, 0.5) is 5.69 Å². The highest BCUT2D eigenvalue weighted by Crippen LogP contribution is 2.30. The third kappa shape index (κ3) is 3.51. The van der Waals surface area contributed by atoms with Crippen LogP contribution in [0.3, 0.4) is 0 Å². The lowest BCUT2D eigenvalue weighted by Crippen LogP contribution is -2.08. The first kappa shape index (κ1) is 14.9. The number of esters is 1. The van der Waals surface area contributed by atoms with Crippen LogP contribution in [0.25, 0.3) is 11.0 Å². The van der Waals surface area contributed by atoms with Crippen molar-refractivity contribution in [2.45, 2.75) is 25.7 Å². The molecule has 1 aromatic carbocycles. The number of aromatic nitrogens is 2. The van der Waals surface area contributed by atoms with Crippen LogP contribution < -0.4 is 10.5 Å². The summed E-state index contributed by atoms with van der Waals surface area (Å²) in [5, 5.41) is 17.8. The first-order valence-electron chi connectivity index (χ1n) is 6.44. The number of fused-ring (bicyclic) bond motifs is 1. The van der Waals surface area contributed by atoms with Gasteiger partial charge in [-0.2, -0.15) is 0 Å². The monoisotopic (exact) mass is 294 g/mol. The van der Waals surface area contributed by atoms with Gasteiger partial charge in [0.1, 0.15) is 0 Å². The summed E-state index contributed by atoms with van der Waals surface area (Å²) in [6.45, 7) is 0.586. The Kier molecular flexibility index (Phi) is 4.77. The van der Waals surface area contributed by atoms with E-state index in [1.54, 1.807) is 0 Å². The van der Waals surface area contributed by atoms with Crippen molar-refractivity contribution in [1.82, 2.24) is 10.3 Å². The highest BCUT2D eigenvalue weighted by molar-refractivity contribution is 5.90. The van der Waals surface area contributed by atoms with Crippen LogP contribution in [-0.2, 0) is 4.79 Å². The number of non-ortho nitro benzene ring substituents is 1. The van der Waals surface area contributed by atoms with Crippen LogP contribution in [0.5, 0.6) is 5.75 Å². The summed E-state index contributed by atoms with van der Waals surface area (Å²) in [7, 11) is 0. The Hall–Kier alpha value is -2.55. The molecule has 0 bridgehead atoms. The normalized spacial score (nSPS) is 10.7. The van der Waals surface area contributed by atoms with Crippen LogP contribution in [0.1, 0.15) is 25.7 Å². The van der Waals surface area contributed by atoms with Crippen molar-refractivity contribution in [1.29, 1.82) is 0 Å². The maximum Gasteiger partial charge on any atom is 0.311 e. The summed E-state index contributed by atoms with van der Waals surface area (Å²) in [6, 6.07) is 2.51. The molecule has 21 heavy (non-hydrogen) atoms. The topological polar surface area (TPSA) is 134 Å². The van der Waals surface area contributed by atoms with E-state index in [0.29, 0.717) is 13.0 Å². The maximum absolute atomic E-state index is 11.7. The van der Waals surface area contributed by atoms with Crippen LogP contribution in [0.15, 0.2) is 16.8 Å². The van der Waals surface area contributed by atoms with Crippen molar-refractivity contribution in [2.24, 2.45) is 5.73 Å². The predicted molar refractivity (Wildman–Crippen MR) is 71.6 cm³/mol. The van der Waals surface area contributed by atoms with Gasteiger partial charge >= 0.3 is 11.7 Å². The predicted octanol–water partition coefficient (Wildman–Crippen LogP) is 1.56. The van der Waals surface area contributed by atoms with Crippen molar-refractivity contribution < 1.29 is 19.1 Å². The van der Waals surface area contributed by atoms with Crippen LogP contribution in [0.2, 0.25) is 0 Å².